The lowest BCUT2D eigenvalue weighted by atomic mass is 9.88. The summed E-state index contributed by atoms with van der Waals surface area (Å²) in [5.41, 5.74) is 6.55. The summed E-state index contributed by atoms with van der Waals surface area (Å²) in [6.07, 6.45) is 1.41. The third kappa shape index (κ3) is 4.71. The first-order chi connectivity index (χ1) is 14.6. The van der Waals surface area contributed by atoms with E-state index in [2.05, 4.69) is 0 Å². The number of para-hydroxylation sites is 1. The van der Waals surface area contributed by atoms with Crippen molar-refractivity contribution in [3.8, 4) is 11.5 Å². The maximum atomic E-state index is 12.9. The minimum Gasteiger partial charge on any atom is -0.492 e. The van der Waals surface area contributed by atoms with E-state index in [0.29, 0.717) is 25.9 Å². The van der Waals surface area contributed by atoms with E-state index in [1.807, 2.05) is 6.07 Å². The van der Waals surface area contributed by atoms with Crippen molar-refractivity contribution in [1.29, 1.82) is 5.41 Å². The van der Waals surface area contributed by atoms with Crippen molar-refractivity contribution in [3.63, 3.8) is 0 Å². The van der Waals surface area contributed by atoms with Gasteiger partial charge in [-0.05, 0) is 43.4 Å². The minimum absolute atomic E-state index is 0.0224. The third-order valence-corrected chi connectivity index (χ3v) is 6.52. The Morgan fingerprint density at radius 2 is 1.90 bits per heavy atom. The highest BCUT2D eigenvalue weighted by atomic mass is 32.2. The van der Waals surface area contributed by atoms with E-state index in [4.69, 9.17) is 20.1 Å². The van der Waals surface area contributed by atoms with E-state index in [0.717, 1.165) is 23.3 Å². The van der Waals surface area contributed by atoms with Gasteiger partial charge < -0.3 is 19.6 Å². The van der Waals surface area contributed by atoms with E-state index < -0.39 is 25.6 Å². The number of nitrogens with two attached hydrogens (primary N) is 1. The quantitative estimate of drug-likeness (QED) is 0.225. The molecule has 0 atom stereocenters. The molecule has 1 aliphatic rings. The highest BCUT2D eigenvalue weighted by Crippen LogP contribution is 2.42. The fourth-order valence-electron chi connectivity index (χ4n) is 3.76. The lowest BCUT2D eigenvalue weighted by molar-refractivity contribution is -0.387. The van der Waals surface area contributed by atoms with Gasteiger partial charge in [0.25, 0.3) is 5.69 Å². The van der Waals surface area contributed by atoms with Gasteiger partial charge in [-0.25, -0.2) is 0 Å². The molecule has 0 saturated carbocycles. The maximum Gasteiger partial charge on any atom is 0.346 e. The van der Waals surface area contributed by atoms with Crippen LogP contribution in [0.3, 0.4) is 0 Å². The Hall–Kier alpha value is -3.34. The second-order valence-electron chi connectivity index (χ2n) is 7.29. The standard InChI is InChI=1S/C20H24N4O6S/c1-13-11-15(14-7-9-23(10-8-14)20(21)22)19(29-2)17(12-13)30-31(27,28)18-6-4-3-5-16(18)24(25)26/h3-6,11-12,14H,7-10H2,1-2H3,(H3,21,22). The molecule has 0 amide bonds. The van der Waals surface area contributed by atoms with E-state index in [9.17, 15) is 18.5 Å². The largest absolute Gasteiger partial charge is 0.492 e. The molecular weight excluding hydrogens is 424 g/mol. The summed E-state index contributed by atoms with van der Waals surface area (Å²) in [5.74, 6) is 0.328. The van der Waals surface area contributed by atoms with Crippen LogP contribution in [0.25, 0.3) is 0 Å². The summed E-state index contributed by atoms with van der Waals surface area (Å²) >= 11 is 0. The molecule has 0 bridgehead atoms. The first kappa shape index (κ1) is 22.3. The molecule has 3 rings (SSSR count). The van der Waals surface area contributed by atoms with Crippen LogP contribution in [0.15, 0.2) is 41.3 Å². The van der Waals surface area contributed by atoms with Crippen molar-refractivity contribution in [1.82, 2.24) is 4.90 Å². The second kappa shape index (κ2) is 8.80. The van der Waals surface area contributed by atoms with Crippen molar-refractivity contribution in [2.75, 3.05) is 20.2 Å². The number of nitro groups is 1. The Labute approximate surface area is 180 Å². The zero-order valence-electron chi connectivity index (χ0n) is 17.2. The molecule has 2 aromatic rings. The molecule has 1 aliphatic heterocycles. The van der Waals surface area contributed by atoms with Crippen LogP contribution in [-0.4, -0.2) is 44.4 Å². The van der Waals surface area contributed by atoms with Crippen molar-refractivity contribution >= 4 is 21.8 Å². The fraction of sp³-hybridized carbons (Fsp3) is 0.350. The number of likely N-dealkylation sites (tertiary alicyclic amines) is 1. The molecule has 0 unspecified atom stereocenters. The van der Waals surface area contributed by atoms with Gasteiger partial charge in [-0.3, -0.25) is 15.5 Å². The van der Waals surface area contributed by atoms with Gasteiger partial charge in [0.05, 0.1) is 12.0 Å². The molecule has 3 N–H and O–H groups in total. The lowest BCUT2D eigenvalue weighted by Crippen LogP contribution is -2.41. The van der Waals surface area contributed by atoms with Crippen LogP contribution in [0, 0.1) is 22.4 Å². The van der Waals surface area contributed by atoms with Gasteiger partial charge in [-0.1, -0.05) is 18.2 Å². The van der Waals surface area contributed by atoms with E-state index in [1.165, 1.54) is 25.3 Å². The smallest absolute Gasteiger partial charge is 0.346 e. The number of nitrogens with zero attached hydrogens (tertiary/aromatic N) is 2. The average Bonchev–Trinajstić information content (AvgIpc) is 2.73. The SMILES string of the molecule is COc1c(OS(=O)(=O)c2ccccc2[N+](=O)[O-])cc(C)cc1C1CCN(C(=N)N)CC1. The normalized spacial score (nSPS) is 14.8. The van der Waals surface area contributed by atoms with Gasteiger partial charge in [0.1, 0.15) is 0 Å². The Balaban J connectivity index is 1.98. The van der Waals surface area contributed by atoms with Crippen LogP contribution in [-0.2, 0) is 10.1 Å². The van der Waals surface area contributed by atoms with Gasteiger partial charge in [-0.15, -0.1) is 0 Å². The second-order valence-corrected chi connectivity index (χ2v) is 8.81. The predicted octanol–water partition coefficient (Wildman–Crippen LogP) is 2.75. The molecule has 0 aromatic heterocycles. The number of rotatable bonds is 6. The molecule has 31 heavy (non-hydrogen) atoms. The first-order valence-electron chi connectivity index (χ1n) is 9.59. The molecule has 2 aromatic carbocycles. The number of aryl methyl sites for hydroxylation is 1. The highest BCUT2D eigenvalue weighted by Gasteiger charge is 2.31. The molecule has 166 valence electrons. The zero-order valence-corrected chi connectivity index (χ0v) is 18.0. The molecule has 11 heteroatoms. The van der Waals surface area contributed by atoms with Crippen LogP contribution < -0.4 is 14.7 Å². The van der Waals surface area contributed by atoms with E-state index >= 15 is 0 Å². The van der Waals surface area contributed by atoms with E-state index in [1.54, 1.807) is 11.8 Å². The Morgan fingerprint density at radius 1 is 1.26 bits per heavy atom. The predicted molar refractivity (Wildman–Crippen MR) is 114 cm³/mol. The summed E-state index contributed by atoms with van der Waals surface area (Å²) in [6, 6.07) is 8.46. The van der Waals surface area contributed by atoms with Crippen LogP contribution in [0.5, 0.6) is 11.5 Å². The molecular formula is C20H24N4O6S. The summed E-state index contributed by atoms with van der Waals surface area (Å²) in [7, 11) is -3.06. The molecule has 0 aliphatic carbocycles. The van der Waals surface area contributed by atoms with Crippen molar-refractivity contribution in [3.05, 3.63) is 57.6 Å². The maximum absolute atomic E-state index is 12.9. The first-order valence-corrected chi connectivity index (χ1v) is 11.0. The van der Waals surface area contributed by atoms with Crippen molar-refractivity contribution < 1.29 is 22.3 Å². The van der Waals surface area contributed by atoms with Gasteiger partial charge in [0.2, 0.25) is 0 Å². The van der Waals surface area contributed by atoms with E-state index in [-0.39, 0.29) is 23.4 Å². The number of hydrogen-bond donors (Lipinski definition) is 2. The number of methoxy groups -OCH3 is 1. The van der Waals surface area contributed by atoms with Crippen LogP contribution in [0.2, 0.25) is 0 Å². The lowest BCUT2D eigenvalue weighted by Gasteiger charge is -2.33. The Kier molecular flexibility index (Phi) is 6.34. The van der Waals surface area contributed by atoms with Crippen LogP contribution >= 0.6 is 0 Å². The van der Waals surface area contributed by atoms with Crippen molar-refractivity contribution in [2.45, 2.75) is 30.6 Å². The number of benzene rings is 2. The number of piperidine rings is 1. The molecule has 0 spiro atoms. The summed E-state index contributed by atoms with van der Waals surface area (Å²) in [5, 5.41) is 18.8. The van der Waals surface area contributed by atoms with Gasteiger partial charge in [-0.2, -0.15) is 8.42 Å². The Morgan fingerprint density at radius 3 is 2.48 bits per heavy atom. The molecule has 0 radical (unpaired) electrons. The van der Waals surface area contributed by atoms with Gasteiger partial charge in [0.15, 0.2) is 22.4 Å². The molecule has 1 fully saturated rings. The Bertz CT molecular complexity index is 1110. The summed E-state index contributed by atoms with van der Waals surface area (Å²) in [6.45, 7) is 3.00. The van der Waals surface area contributed by atoms with Gasteiger partial charge in [0, 0.05) is 24.7 Å². The summed E-state index contributed by atoms with van der Waals surface area (Å²) < 4.78 is 36.6. The van der Waals surface area contributed by atoms with Crippen LogP contribution in [0.1, 0.15) is 29.9 Å². The molecule has 10 nitrogen and oxygen atoms in total. The topological polar surface area (TPSA) is 149 Å². The monoisotopic (exact) mass is 448 g/mol. The number of nitro benzene ring substituents is 1. The number of ether oxygens (including phenoxy) is 1. The highest BCUT2D eigenvalue weighted by molar-refractivity contribution is 7.87. The fourth-order valence-corrected chi connectivity index (χ4v) is 4.86. The number of guanidine groups is 1. The number of nitrogens with one attached hydrogen (secondary N) is 1. The third-order valence-electron chi connectivity index (χ3n) is 5.24. The molecule has 1 saturated heterocycles. The summed E-state index contributed by atoms with van der Waals surface area (Å²) in [4.78, 5) is 11.7. The van der Waals surface area contributed by atoms with Crippen molar-refractivity contribution in [2.24, 2.45) is 5.73 Å². The average molecular weight is 449 g/mol. The molecule has 1 heterocycles. The number of hydrogen-bond acceptors (Lipinski definition) is 7. The van der Waals surface area contributed by atoms with Crippen LogP contribution in [0.4, 0.5) is 5.69 Å². The minimum atomic E-state index is -4.48. The zero-order chi connectivity index (χ0) is 22.8. The van der Waals surface area contributed by atoms with Gasteiger partial charge >= 0.3 is 10.1 Å².